The summed E-state index contributed by atoms with van der Waals surface area (Å²) in [5, 5.41) is 2.97. The highest BCUT2D eigenvalue weighted by atomic mass is 35.5. The van der Waals surface area contributed by atoms with Crippen molar-refractivity contribution in [1.82, 2.24) is 5.32 Å². The Morgan fingerprint density at radius 3 is 2.62 bits per heavy atom. The maximum Gasteiger partial charge on any atom is 0.223 e. The van der Waals surface area contributed by atoms with Crippen LogP contribution in [0.25, 0.3) is 0 Å². The van der Waals surface area contributed by atoms with Gasteiger partial charge in [0.1, 0.15) is 0 Å². The second kappa shape index (κ2) is 3.87. The van der Waals surface area contributed by atoms with Crippen LogP contribution in [-0.2, 0) is 4.79 Å². The van der Waals surface area contributed by atoms with Crippen molar-refractivity contribution in [3.8, 4) is 0 Å². The van der Waals surface area contributed by atoms with Gasteiger partial charge < -0.3 is 5.32 Å². The Bertz CT molecular complexity index is 203. The Kier molecular flexibility index (Phi) is 3.23. The molecule has 0 aromatic carbocycles. The van der Waals surface area contributed by atoms with Crippen molar-refractivity contribution >= 4 is 17.5 Å². The standard InChI is InChI=1S/C10H18ClNO/c1-7(4-5-11)12-9(13)8-6-10(8,2)3/h7-8H,4-6H2,1-3H3,(H,12,13). The Labute approximate surface area is 85.0 Å². The molecule has 0 aliphatic heterocycles. The van der Waals surface area contributed by atoms with Crippen LogP contribution in [0.1, 0.15) is 33.6 Å². The van der Waals surface area contributed by atoms with E-state index >= 15 is 0 Å². The van der Waals surface area contributed by atoms with Crippen LogP contribution in [0.2, 0.25) is 0 Å². The minimum atomic E-state index is 0.197. The monoisotopic (exact) mass is 203 g/mol. The second-order valence-corrected chi connectivity index (χ2v) is 5.01. The summed E-state index contributed by atoms with van der Waals surface area (Å²) in [7, 11) is 0. The van der Waals surface area contributed by atoms with Gasteiger partial charge in [-0.3, -0.25) is 4.79 Å². The summed E-state index contributed by atoms with van der Waals surface area (Å²) in [5.41, 5.74) is 0.227. The van der Waals surface area contributed by atoms with E-state index in [1.54, 1.807) is 0 Å². The van der Waals surface area contributed by atoms with Crippen molar-refractivity contribution in [2.75, 3.05) is 5.88 Å². The molecule has 0 aromatic rings. The van der Waals surface area contributed by atoms with Crippen molar-refractivity contribution < 1.29 is 4.79 Å². The smallest absolute Gasteiger partial charge is 0.223 e. The van der Waals surface area contributed by atoms with Gasteiger partial charge in [-0.05, 0) is 25.2 Å². The Hall–Kier alpha value is -0.240. The molecule has 0 saturated heterocycles. The van der Waals surface area contributed by atoms with Gasteiger partial charge in [0.2, 0.25) is 5.91 Å². The average molecular weight is 204 g/mol. The van der Waals surface area contributed by atoms with Crippen LogP contribution >= 0.6 is 11.6 Å². The van der Waals surface area contributed by atoms with Crippen LogP contribution in [0.4, 0.5) is 0 Å². The highest BCUT2D eigenvalue weighted by Crippen LogP contribution is 2.51. The van der Waals surface area contributed by atoms with Gasteiger partial charge in [-0.25, -0.2) is 0 Å². The van der Waals surface area contributed by atoms with Crippen LogP contribution in [0.15, 0.2) is 0 Å². The summed E-state index contributed by atoms with van der Waals surface area (Å²) in [5.74, 6) is 1.03. The molecule has 2 unspecified atom stereocenters. The topological polar surface area (TPSA) is 29.1 Å². The molecule has 1 aliphatic carbocycles. The third-order valence-corrected chi connectivity index (χ3v) is 2.98. The van der Waals surface area contributed by atoms with E-state index in [-0.39, 0.29) is 23.3 Å². The molecule has 76 valence electrons. The fourth-order valence-electron chi connectivity index (χ4n) is 1.49. The molecule has 1 rings (SSSR count). The van der Waals surface area contributed by atoms with E-state index in [0.29, 0.717) is 5.88 Å². The minimum Gasteiger partial charge on any atom is -0.353 e. The molecule has 2 nitrogen and oxygen atoms in total. The minimum absolute atomic E-state index is 0.197. The van der Waals surface area contributed by atoms with Crippen molar-refractivity contribution in [3.05, 3.63) is 0 Å². The first-order valence-electron chi connectivity index (χ1n) is 4.83. The van der Waals surface area contributed by atoms with Gasteiger partial charge in [-0.2, -0.15) is 0 Å². The lowest BCUT2D eigenvalue weighted by Crippen LogP contribution is -2.34. The van der Waals surface area contributed by atoms with E-state index in [9.17, 15) is 4.79 Å². The number of carbonyl (C=O) groups is 1. The van der Waals surface area contributed by atoms with E-state index in [2.05, 4.69) is 19.2 Å². The molecule has 1 fully saturated rings. The van der Waals surface area contributed by atoms with E-state index < -0.39 is 0 Å². The molecule has 1 aliphatic rings. The fraction of sp³-hybridized carbons (Fsp3) is 0.900. The number of carbonyl (C=O) groups excluding carboxylic acids is 1. The lowest BCUT2D eigenvalue weighted by Gasteiger charge is -2.12. The molecule has 0 aromatic heterocycles. The second-order valence-electron chi connectivity index (χ2n) is 4.63. The third kappa shape index (κ3) is 2.87. The van der Waals surface area contributed by atoms with Crippen molar-refractivity contribution in [1.29, 1.82) is 0 Å². The van der Waals surface area contributed by atoms with Crippen molar-refractivity contribution in [2.24, 2.45) is 11.3 Å². The molecule has 1 N–H and O–H groups in total. The van der Waals surface area contributed by atoms with Crippen molar-refractivity contribution in [2.45, 2.75) is 39.7 Å². The van der Waals surface area contributed by atoms with E-state index in [1.807, 2.05) is 6.92 Å². The zero-order chi connectivity index (χ0) is 10.1. The molecule has 2 atom stereocenters. The lowest BCUT2D eigenvalue weighted by molar-refractivity contribution is -0.123. The average Bonchev–Trinajstić information content (AvgIpc) is 2.60. The van der Waals surface area contributed by atoms with Gasteiger partial charge in [0, 0.05) is 17.8 Å². The molecule has 3 heteroatoms. The summed E-state index contributed by atoms with van der Waals surface area (Å²) in [6.07, 6.45) is 1.87. The highest BCUT2D eigenvalue weighted by Gasteiger charge is 2.50. The predicted molar refractivity (Wildman–Crippen MR) is 54.8 cm³/mol. The zero-order valence-electron chi connectivity index (χ0n) is 8.56. The van der Waals surface area contributed by atoms with Crippen LogP contribution in [-0.4, -0.2) is 17.8 Å². The first kappa shape index (κ1) is 10.8. The van der Waals surface area contributed by atoms with Crippen molar-refractivity contribution in [3.63, 3.8) is 0 Å². The summed E-state index contributed by atoms with van der Waals surface area (Å²) >= 11 is 5.58. The van der Waals surface area contributed by atoms with Gasteiger partial charge in [0.25, 0.3) is 0 Å². The largest absolute Gasteiger partial charge is 0.353 e. The molecular formula is C10H18ClNO. The predicted octanol–water partition coefficient (Wildman–Crippen LogP) is 2.17. The van der Waals surface area contributed by atoms with E-state index in [1.165, 1.54) is 0 Å². The molecule has 0 radical (unpaired) electrons. The molecule has 13 heavy (non-hydrogen) atoms. The highest BCUT2D eigenvalue weighted by molar-refractivity contribution is 6.17. The maximum atomic E-state index is 11.6. The lowest BCUT2D eigenvalue weighted by atomic mass is 10.1. The molecule has 1 amide bonds. The summed E-state index contributed by atoms with van der Waals surface area (Å²) in [6.45, 7) is 6.25. The van der Waals surface area contributed by atoms with Crippen LogP contribution in [0, 0.1) is 11.3 Å². The molecular weight excluding hydrogens is 186 g/mol. The van der Waals surface area contributed by atoms with Gasteiger partial charge >= 0.3 is 0 Å². The first-order chi connectivity index (χ1) is 5.97. The maximum absolute atomic E-state index is 11.6. The first-order valence-corrected chi connectivity index (χ1v) is 5.37. The number of rotatable bonds is 4. The van der Waals surface area contributed by atoms with Gasteiger partial charge in [0.05, 0.1) is 0 Å². The number of nitrogens with one attached hydrogen (secondary N) is 1. The third-order valence-electron chi connectivity index (χ3n) is 2.76. The van der Waals surface area contributed by atoms with Gasteiger partial charge in [0.15, 0.2) is 0 Å². The Balaban J connectivity index is 2.27. The molecule has 0 spiro atoms. The normalized spacial score (nSPS) is 26.6. The molecule has 0 heterocycles. The Morgan fingerprint density at radius 1 is 1.69 bits per heavy atom. The fourth-order valence-corrected chi connectivity index (χ4v) is 1.82. The van der Waals surface area contributed by atoms with Gasteiger partial charge in [-0.1, -0.05) is 13.8 Å². The number of amides is 1. The molecule has 1 saturated carbocycles. The van der Waals surface area contributed by atoms with Gasteiger partial charge in [-0.15, -0.1) is 11.6 Å². The van der Waals surface area contributed by atoms with Crippen LogP contribution in [0.5, 0.6) is 0 Å². The SMILES string of the molecule is CC(CCCl)NC(=O)C1CC1(C)C. The van der Waals surface area contributed by atoms with Crippen LogP contribution in [0.3, 0.4) is 0 Å². The number of hydrogen-bond donors (Lipinski definition) is 1. The van der Waals surface area contributed by atoms with E-state index in [4.69, 9.17) is 11.6 Å². The number of alkyl halides is 1. The quantitative estimate of drug-likeness (QED) is 0.698. The Morgan fingerprint density at radius 2 is 2.23 bits per heavy atom. The summed E-state index contributed by atoms with van der Waals surface area (Å²) < 4.78 is 0. The van der Waals surface area contributed by atoms with E-state index in [0.717, 1.165) is 12.8 Å². The zero-order valence-corrected chi connectivity index (χ0v) is 9.32. The van der Waals surface area contributed by atoms with Crippen LogP contribution < -0.4 is 5.32 Å². The number of hydrogen-bond acceptors (Lipinski definition) is 1. The summed E-state index contributed by atoms with van der Waals surface area (Å²) in [4.78, 5) is 11.6. The number of halogens is 1. The molecule has 0 bridgehead atoms. The summed E-state index contributed by atoms with van der Waals surface area (Å²) in [6, 6.07) is 0.210.